The molecule has 0 aliphatic carbocycles. The molecule has 0 aliphatic heterocycles. The Balaban J connectivity index is 2.26. The Morgan fingerprint density at radius 2 is 1.90 bits per heavy atom. The van der Waals surface area contributed by atoms with Crippen molar-refractivity contribution < 1.29 is 9.66 Å². The van der Waals surface area contributed by atoms with E-state index in [2.05, 4.69) is 5.32 Å². The van der Waals surface area contributed by atoms with Crippen LogP contribution in [0.1, 0.15) is 11.1 Å². The van der Waals surface area contributed by atoms with Crippen LogP contribution < -0.4 is 10.1 Å². The van der Waals surface area contributed by atoms with Crippen LogP contribution in [0, 0.1) is 17.0 Å². The van der Waals surface area contributed by atoms with Crippen molar-refractivity contribution >= 4 is 5.69 Å². The highest BCUT2D eigenvalue weighted by Crippen LogP contribution is 2.33. The van der Waals surface area contributed by atoms with E-state index in [-0.39, 0.29) is 11.4 Å². The van der Waals surface area contributed by atoms with Gasteiger partial charge >= 0.3 is 5.69 Å². The molecule has 0 amide bonds. The third-order valence-electron chi connectivity index (χ3n) is 2.92. The molecule has 0 unspecified atom stereocenters. The lowest BCUT2D eigenvalue weighted by molar-refractivity contribution is -0.386. The second-order valence-corrected chi connectivity index (χ2v) is 4.46. The molecule has 5 nitrogen and oxygen atoms in total. The molecule has 0 atom stereocenters. The van der Waals surface area contributed by atoms with Crippen LogP contribution in [0.15, 0.2) is 42.5 Å². The molecular weight excluding hydrogens is 256 g/mol. The Kier molecular flexibility index (Phi) is 4.32. The number of rotatable bonds is 5. The Morgan fingerprint density at radius 1 is 1.20 bits per heavy atom. The minimum absolute atomic E-state index is 0.00630. The second-order valence-electron chi connectivity index (χ2n) is 4.46. The Hall–Kier alpha value is -2.40. The van der Waals surface area contributed by atoms with Gasteiger partial charge in [0.05, 0.1) is 4.92 Å². The van der Waals surface area contributed by atoms with Gasteiger partial charge in [0.15, 0.2) is 0 Å². The average Bonchev–Trinajstić information content (AvgIpc) is 2.41. The smallest absolute Gasteiger partial charge is 0.314 e. The van der Waals surface area contributed by atoms with Crippen LogP contribution in [-0.4, -0.2) is 12.0 Å². The van der Waals surface area contributed by atoms with Gasteiger partial charge < -0.3 is 10.1 Å². The number of benzene rings is 2. The molecule has 0 saturated heterocycles. The van der Waals surface area contributed by atoms with Gasteiger partial charge in [-0.25, -0.2) is 0 Å². The lowest BCUT2D eigenvalue weighted by Gasteiger charge is -2.08. The molecule has 20 heavy (non-hydrogen) atoms. The average molecular weight is 272 g/mol. The van der Waals surface area contributed by atoms with E-state index in [1.54, 1.807) is 37.3 Å². The van der Waals surface area contributed by atoms with Gasteiger partial charge in [-0.15, -0.1) is 0 Å². The summed E-state index contributed by atoms with van der Waals surface area (Å²) >= 11 is 0. The monoisotopic (exact) mass is 272 g/mol. The summed E-state index contributed by atoms with van der Waals surface area (Å²) in [5, 5.41) is 14.1. The SMILES string of the molecule is CNCc1ccc(Oc2cccc(C)c2[N+](=O)[O-])cc1. The minimum atomic E-state index is -0.417. The van der Waals surface area contributed by atoms with Crippen LogP contribution in [-0.2, 0) is 6.54 Å². The first-order valence-electron chi connectivity index (χ1n) is 6.27. The Morgan fingerprint density at radius 3 is 2.50 bits per heavy atom. The van der Waals surface area contributed by atoms with Crippen LogP contribution in [0.25, 0.3) is 0 Å². The maximum absolute atomic E-state index is 11.1. The number of nitrogens with one attached hydrogen (secondary N) is 1. The van der Waals surface area contributed by atoms with Crippen molar-refractivity contribution in [1.29, 1.82) is 0 Å². The van der Waals surface area contributed by atoms with E-state index in [0.717, 1.165) is 12.1 Å². The molecule has 0 aliphatic rings. The van der Waals surface area contributed by atoms with Gasteiger partial charge in [0, 0.05) is 12.1 Å². The Labute approximate surface area is 117 Å². The van der Waals surface area contributed by atoms with Gasteiger partial charge in [0.1, 0.15) is 5.75 Å². The van der Waals surface area contributed by atoms with Crippen molar-refractivity contribution in [3.8, 4) is 11.5 Å². The maximum atomic E-state index is 11.1. The van der Waals surface area contributed by atoms with Gasteiger partial charge in [-0.2, -0.15) is 0 Å². The van der Waals surface area contributed by atoms with E-state index in [0.29, 0.717) is 11.3 Å². The zero-order valence-electron chi connectivity index (χ0n) is 11.4. The quantitative estimate of drug-likeness (QED) is 0.669. The van der Waals surface area contributed by atoms with Crippen molar-refractivity contribution in [2.75, 3.05) is 7.05 Å². The van der Waals surface area contributed by atoms with E-state index >= 15 is 0 Å². The maximum Gasteiger partial charge on any atom is 0.314 e. The number of ether oxygens (including phenoxy) is 1. The zero-order valence-corrected chi connectivity index (χ0v) is 11.4. The molecule has 0 spiro atoms. The van der Waals surface area contributed by atoms with Gasteiger partial charge in [-0.1, -0.05) is 24.3 Å². The summed E-state index contributed by atoms with van der Waals surface area (Å²) in [5.41, 5.74) is 1.71. The predicted octanol–water partition coefficient (Wildman–Crippen LogP) is 3.41. The molecule has 5 heteroatoms. The first-order chi connectivity index (χ1) is 9.61. The molecule has 2 aromatic carbocycles. The van der Waals surface area contributed by atoms with Crippen molar-refractivity contribution in [3.63, 3.8) is 0 Å². The Bertz CT molecular complexity index is 609. The number of nitrogens with zero attached hydrogens (tertiary/aromatic N) is 1. The van der Waals surface area contributed by atoms with Crippen LogP contribution in [0.4, 0.5) is 5.69 Å². The summed E-state index contributed by atoms with van der Waals surface area (Å²) in [6.07, 6.45) is 0. The number of para-hydroxylation sites is 1. The van der Waals surface area contributed by atoms with E-state index in [4.69, 9.17) is 4.74 Å². The number of hydrogen-bond donors (Lipinski definition) is 1. The molecule has 104 valence electrons. The summed E-state index contributed by atoms with van der Waals surface area (Å²) in [6.45, 7) is 2.46. The van der Waals surface area contributed by atoms with E-state index in [1.807, 2.05) is 19.2 Å². The van der Waals surface area contributed by atoms with Crippen molar-refractivity contribution in [1.82, 2.24) is 5.32 Å². The molecule has 0 radical (unpaired) electrons. The standard InChI is InChI=1S/C15H16N2O3/c1-11-4-3-5-14(15(11)17(18)19)20-13-8-6-12(7-9-13)10-16-2/h3-9,16H,10H2,1-2H3. The highest BCUT2D eigenvalue weighted by molar-refractivity contribution is 5.53. The third kappa shape index (κ3) is 3.13. The summed E-state index contributed by atoms with van der Waals surface area (Å²) in [7, 11) is 1.88. The zero-order chi connectivity index (χ0) is 14.5. The summed E-state index contributed by atoms with van der Waals surface area (Å²) in [4.78, 5) is 10.7. The first kappa shape index (κ1) is 14.0. The number of nitro groups is 1. The van der Waals surface area contributed by atoms with Crippen molar-refractivity contribution in [2.45, 2.75) is 13.5 Å². The lowest BCUT2D eigenvalue weighted by Crippen LogP contribution is -2.04. The molecule has 0 fully saturated rings. The lowest BCUT2D eigenvalue weighted by atomic mass is 10.2. The highest BCUT2D eigenvalue weighted by atomic mass is 16.6. The van der Waals surface area contributed by atoms with Crippen molar-refractivity contribution in [2.24, 2.45) is 0 Å². The highest BCUT2D eigenvalue weighted by Gasteiger charge is 2.18. The van der Waals surface area contributed by atoms with Crippen LogP contribution in [0.5, 0.6) is 11.5 Å². The van der Waals surface area contributed by atoms with Gasteiger partial charge in [0.2, 0.25) is 5.75 Å². The molecule has 2 aromatic rings. The molecule has 1 N–H and O–H groups in total. The summed E-state index contributed by atoms with van der Waals surface area (Å²) in [5.74, 6) is 0.843. The van der Waals surface area contributed by atoms with Gasteiger partial charge in [0.25, 0.3) is 0 Å². The second kappa shape index (κ2) is 6.16. The van der Waals surface area contributed by atoms with E-state index < -0.39 is 4.92 Å². The van der Waals surface area contributed by atoms with Crippen LogP contribution >= 0.6 is 0 Å². The molecule has 0 bridgehead atoms. The molecule has 0 saturated carbocycles. The fourth-order valence-electron chi connectivity index (χ4n) is 1.95. The molecule has 0 heterocycles. The summed E-state index contributed by atoms with van der Waals surface area (Å²) < 4.78 is 5.62. The van der Waals surface area contributed by atoms with Crippen LogP contribution in [0.3, 0.4) is 0 Å². The fourth-order valence-corrected chi connectivity index (χ4v) is 1.95. The minimum Gasteiger partial charge on any atom is -0.450 e. The normalized spacial score (nSPS) is 10.3. The number of nitro benzene ring substituents is 1. The third-order valence-corrected chi connectivity index (χ3v) is 2.92. The fraction of sp³-hybridized carbons (Fsp3) is 0.200. The van der Waals surface area contributed by atoms with Crippen LogP contribution in [0.2, 0.25) is 0 Å². The number of hydrogen-bond acceptors (Lipinski definition) is 4. The summed E-state index contributed by atoms with van der Waals surface area (Å²) in [6, 6.07) is 12.5. The van der Waals surface area contributed by atoms with Gasteiger partial charge in [-0.05, 0) is 37.7 Å². The van der Waals surface area contributed by atoms with E-state index in [9.17, 15) is 10.1 Å². The molecule has 2 rings (SSSR count). The largest absolute Gasteiger partial charge is 0.450 e. The van der Waals surface area contributed by atoms with Gasteiger partial charge in [-0.3, -0.25) is 10.1 Å². The molecule has 0 aromatic heterocycles. The van der Waals surface area contributed by atoms with E-state index in [1.165, 1.54) is 0 Å². The first-order valence-corrected chi connectivity index (χ1v) is 6.27. The topological polar surface area (TPSA) is 64.4 Å². The molecular formula is C15H16N2O3. The predicted molar refractivity (Wildman–Crippen MR) is 77.1 cm³/mol. The van der Waals surface area contributed by atoms with Crippen molar-refractivity contribution in [3.05, 3.63) is 63.7 Å². The number of aryl methyl sites for hydroxylation is 1.